The van der Waals surface area contributed by atoms with E-state index in [4.69, 9.17) is 10.6 Å². The molecule has 2 N–H and O–H groups in total. The van der Waals surface area contributed by atoms with Crippen molar-refractivity contribution in [3.63, 3.8) is 0 Å². The molecule has 1 fully saturated rings. The van der Waals surface area contributed by atoms with Crippen LogP contribution < -0.4 is 10.6 Å². The van der Waals surface area contributed by atoms with Crippen LogP contribution in [-0.2, 0) is 11.2 Å². The smallest absolute Gasteiger partial charge is 0.221 e. The molecule has 0 spiro atoms. The summed E-state index contributed by atoms with van der Waals surface area (Å²) in [6.45, 7) is 1.98. The second-order valence-electron chi connectivity index (χ2n) is 4.01. The summed E-state index contributed by atoms with van der Waals surface area (Å²) < 4.78 is 0. The summed E-state index contributed by atoms with van der Waals surface area (Å²) in [6.07, 6.45) is 2.67. The van der Waals surface area contributed by atoms with Crippen LogP contribution in [0, 0.1) is 0 Å². The Kier molecular flexibility index (Phi) is 3.41. The molecule has 1 aromatic carbocycles. The summed E-state index contributed by atoms with van der Waals surface area (Å²) in [5.74, 6) is 0.503. The van der Waals surface area contributed by atoms with Gasteiger partial charge in [0.15, 0.2) is 0 Å². The monoisotopic (exact) mass is 220 g/mol. The van der Waals surface area contributed by atoms with Gasteiger partial charge >= 0.3 is 0 Å². The Bertz CT molecular complexity index is 356. The van der Waals surface area contributed by atoms with Gasteiger partial charge in [-0.25, -0.2) is 0 Å². The zero-order valence-corrected chi connectivity index (χ0v) is 9.19. The van der Waals surface area contributed by atoms with E-state index in [0.717, 1.165) is 24.4 Å². The molecule has 1 heterocycles. The minimum atomic E-state index is -0.312. The zero-order valence-electron chi connectivity index (χ0n) is 9.19. The van der Waals surface area contributed by atoms with Gasteiger partial charge in [0, 0.05) is 13.1 Å². The number of primary amides is 1. The number of carbonyl (C=O) groups is 1. The predicted molar refractivity (Wildman–Crippen MR) is 60.8 cm³/mol. The zero-order chi connectivity index (χ0) is 11.4. The number of hydrogen-bond donors (Lipinski definition) is 1. The molecule has 1 aliphatic rings. The van der Waals surface area contributed by atoms with Gasteiger partial charge in [-0.3, -0.25) is 4.79 Å². The lowest BCUT2D eigenvalue weighted by molar-refractivity contribution is -0.117. The van der Waals surface area contributed by atoms with Crippen LogP contribution in [0.1, 0.15) is 18.4 Å². The van der Waals surface area contributed by atoms with Crippen molar-refractivity contribution in [2.24, 2.45) is 5.73 Å². The van der Waals surface area contributed by atoms with E-state index in [0.29, 0.717) is 0 Å². The fraction of sp³-hybridized carbons (Fsp3) is 0.417. The first kappa shape index (κ1) is 11.0. The molecule has 1 aromatic rings. The molecule has 16 heavy (non-hydrogen) atoms. The summed E-state index contributed by atoms with van der Waals surface area (Å²) in [7, 11) is 0. The van der Waals surface area contributed by atoms with Crippen LogP contribution in [0.25, 0.3) is 0 Å². The molecule has 0 radical (unpaired) electrons. The SMILES string of the molecule is NC(=O)Cc1ccc(ON2CCCC2)cc1. The second kappa shape index (κ2) is 4.99. The third-order valence-corrected chi connectivity index (χ3v) is 2.60. The standard InChI is InChI=1S/C12H16N2O2/c13-12(15)9-10-3-5-11(6-4-10)16-14-7-1-2-8-14/h3-6H,1-2,7-9H2,(H2,13,15). The molecule has 0 atom stereocenters. The summed E-state index contributed by atoms with van der Waals surface area (Å²) in [6, 6.07) is 7.49. The maximum Gasteiger partial charge on any atom is 0.221 e. The van der Waals surface area contributed by atoms with Crippen molar-refractivity contribution < 1.29 is 9.63 Å². The van der Waals surface area contributed by atoms with Crippen LogP contribution in [0.3, 0.4) is 0 Å². The van der Waals surface area contributed by atoms with Gasteiger partial charge in [-0.2, -0.15) is 0 Å². The fourth-order valence-electron chi connectivity index (χ4n) is 1.80. The van der Waals surface area contributed by atoms with Crippen molar-refractivity contribution in [1.29, 1.82) is 0 Å². The van der Waals surface area contributed by atoms with Crippen LogP contribution in [-0.4, -0.2) is 24.1 Å². The number of nitrogens with zero attached hydrogens (tertiary/aromatic N) is 1. The van der Waals surface area contributed by atoms with E-state index < -0.39 is 0 Å². The van der Waals surface area contributed by atoms with Gasteiger partial charge in [0.2, 0.25) is 5.91 Å². The Hall–Kier alpha value is -1.55. The first-order valence-electron chi connectivity index (χ1n) is 5.54. The predicted octanol–water partition coefficient (Wildman–Crippen LogP) is 1.10. The summed E-state index contributed by atoms with van der Waals surface area (Å²) in [4.78, 5) is 16.4. The number of nitrogens with two attached hydrogens (primary N) is 1. The molecule has 0 aliphatic carbocycles. The molecule has 0 unspecified atom stereocenters. The number of hydrogen-bond acceptors (Lipinski definition) is 3. The Morgan fingerprint density at radius 3 is 2.44 bits per heavy atom. The van der Waals surface area contributed by atoms with E-state index >= 15 is 0 Å². The van der Waals surface area contributed by atoms with Crippen molar-refractivity contribution in [1.82, 2.24) is 5.06 Å². The van der Waals surface area contributed by atoms with Gasteiger partial charge in [-0.1, -0.05) is 12.1 Å². The van der Waals surface area contributed by atoms with E-state index in [9.17, 15) is 4.79 Å². The van der Waals surface area contributed by atoms with Crippen LogP contribution in [0.2, 0.25) is 0 Å². The molecule has 0 saturated carbocycles. The summed E-state index contributed by atoms with van der Waals surface area (Å²) in [5.41, 5.74) is 6.03. The number of hydroxylamine groups is 2. The van der Waals surface area contributed by atoms with Gasteiger partial charge in [-0.15, -0.1) is 5.06 Å². The Labute approximate surface area is 94.9 Å². The van der Waals surface area contributed by atoms with Gasteiger partial charge < -0.3 is 10.6 Å². The molecule has 1 amide bonds. The van der Waals surface area contributed by atoms with Gasteiger partial charge in [0.1, 0.15) is 5.75 Å². The van der Waals surface area contributed by atoms with Crippen LogP contribution in [0.4, 0.5) is 0 Å². The number of amides is 1. The quantitative estimate of drug-likeness (QED) is 0.826. The summed E-state index contributed by atoms with van der Waals surface area (Å²) >= 11 is 0. The third-order valence-electron chi connectivity index (χ3n) is 2.60. The molecular weight excluding hydrogens is 204 g/mol. The lowest BCUT2D eigenvalue weighted by atomic mass is 10.1. The average molecular weight is 220 g/mol. The van der Waals surface area contributed by atoms with Crippen molar-refractivity contribution in [3.8, 4) is 5.75 Å². The minimum absolute atomic E-state index is 0.282. The van der Waals surface area contributed by atoms with Gasteiger partial charge in [0.25, 0.3) is 0 Å². The van der Waals surface area contributed by atoms with Crippen molar-refractivity contribution in [3.05, 3.63) is 29.8 Å². The number of benzene rings is 1. The molecule has 4 heteroatoms. The van der Waals surface area contributed by atoms with Crippen molar-refractivity contribution in [2.75, 3.05) is 13.1 Å². The first-order chi connectivity index (χ1) is 7.74. The van der Waals surface area contributed by atoms with E-state index in [1.54, 1.807) is 0 Å². The van der Waals surface area contributed by atoms with E-state index in [2.05, 4.69) is 0 Å². The molecule has 86 valence electrons. The normalized spacial score (nSPS) is 16.2. The Morgan fingerprint density at radius 1 is 1.25 bits per heavy atom. The van der Waals surface area contributed by atoms with Crippen LogP contribution in [0.15, 0.2) is 24.3 Å². The maximum atomic E-state index is 10.7. The highest BCUT2D eigenvalue weighted by Gasteiger charge is 2.12. The lowest BCUT2D eigenvalue weighted by Gasteiger charge is -2.15. The highest BCUT2D eigenvalue weighted by molar-refractivity contribution is 5.76. The first-order valence-corrected chi connectivity index (χ1v) is 5.54. The van der Waals surface area contributed by atoms with E-state index in [1.807, 2.05) is 29.3 Å². The van der Waals surface area contributed by atoms with Crippen LogP contribution in [0.5, 0.6) is 5.75 Å². The third kappa shape index (κ3) is 2.97. The van der Waals surface area contributed by atoms with Crippen molar-refractivity contribution >= 4 is 5.91 Å². The van der Waals surface area contributed by atoms with E-state index in [1.165, 1.54) is 12.8 Å². The molecule has 1 aliphatic heterocycles. The molecule has 0 aromatic heterocycles. The van der Waals surface area contributed by atoms with E-state index in [-0.39, 0.29) is 12.3 Å². The minimum Gasteiger partial charge on any atom is -0.406 e. The largest absolute Gasteiger partial charge is 0.406 e. The summed E-state index contributed by atoms with van der Waals surface area (Å²) in [5, 5.41) is 1.96. The molecular formula is C12H16N2O2. The van der Waals surface area contributed by atoms with Crippen LogP contribution >= 0.6 is 0 Å². The second-order valence-corrected chi connectivity index (χ2v) is 4.01. The van der Waals surface area contributed by atoms with Crippen molar-refractivity contribution in [2.45, 2.75) is 19.3 Å². The Morgan fingerprint density at radius 2 is 1.88 bits per heavy atom. The van der Waals surface area contributed by atoms with Gasteiger partial charge in [0.05, 0.1) is 6.42 Å². The van der Waals surface area contributed by atoms with Gasteiger partial charge in [-0.05, 0) is 30.5 Å². The Balaban J connectivity index is 1.93. The number of carbonyl (C=O) groups excluding carboxylic acids is 1. The molecule has 0 bridgehead atoms. The molecule has 1 saturated heterocycles. The average Bonchev–Trinajstić information content (AvgIpc) is 2.73. The molecule has 4 nitrogen and oxygen atoms in total. The highest BCUT2D eigenvalue weighted by Crippen LogP contribution is 2.16. The maximum absolute atomic E-state index is 10.7. The number of rotatable bonds is 4. The fourth-order valence-corrected chi connectivity index (χ4v) is 1.80. The highest BCUT2D eigenvalue weighted by atomic mass is 16.7. The topological polar surface area (TPSA) is 55.6 Å². The molecule has 2 rings (SSSR count). The lowest BCUT2D eigenvalue weighted by Crippen LogP contribution is -2.23.